The summed E-state index contributed by atoms with van der Waals surface area (Å²) in [5.74, 6) is -0.283. The number of anilines is 1. The number of pyridine rings is 1. The van der Waals surface area contributed by atoms with Gasteiger partial charge in [-0.05, 0) is 18.2 Å². The van der Waals surface area contributed by atoms with Crippen LogP contribution in [0.3, 0.4) is 0 Å². The molecule has 5 rings (SSSR count). The summed E-state index contributed by atoms with van der Waals surface area (Å²) in [7, 11) is 0. The molecule has 3 aromatic rings. The summed E-state index contributed by atoms with van der Waals surface area (Å²) >= 11 is 0. The predicted molar refractivity (Wildman–Crippen MR) is 109 cm³/mol. The fourth-order valence-corrected chi connectivity index (χ4v) is 3.90. The zero-order valence-electron chi connectivity index (χ0n) is 17.2. The normalized spacial score (nSPS) is 17.1. The van der Waals surface area contributed by atoms with Crippen LogP contribution < -0.4 is 9.64 Å². The highest BCUT2D eigenvalue weighted by molar-refractivity contribution is 6.11. The van der Waals surface area contributed by atoms with Crippen LogP contribution >= 0.6 is 0 Å². The lowest BCUT2D eigenvalue weighted by Gasteiger charge is -2.33. The van der Waals surface area contributed by atoms with Crippen LogP contribution in [-0.2, 0) is 17.8 Å². The van der Waals surface area contributed by atoms with Gasteiger partial charge >= 0.3 is 6.18 Å². The molecule has 0 radical (unpaired) electrons. The number of hydrogen-bond donors (Lipinski definition) is 0. The second-order valence-electron chi connectivity index (χ2n) is 8.02. The maximum atomic E-state index is 14.3. The number of carbonyl (C=O) groups excluding carboxylic acids is 1. The quantitative estimate of drug-likeness (QED) is 0.522. The van der Waals surface area contributed by atoms with Gasteiger partial charge in [0.05, 0.1) is 43.9 Å². The smallest absolute Gasteiger partial charge is 0.422 e. The van der Waals surface area contributed by atoms with E-state index in [0.29, 0.717) is 28.1 Å². The van der Waals surface area contributed by atoms with Gasteiger partial charge < -0.3 is 14.4 Å². The summed E-state index contributed by atoms with van der Waals surface area (Å²) < 4.78 is 63.7. The van der Waals surface area contributed by atoms with E-state index in [1.54, 1.807) is 30.5 Å². The lowest BCUT2D eigenvalue weighted by molar-refractivity contribution is -0.153. The van der Waals surface area contributed by atoms with E-state index in [-0.39, 0.29) is 38.0 Å². The lowest BCUT2D eigenvalue weighted by Crippen LogP contribution is -2.48. The van der Waals surface area contributed by atoms with E-state index in [4.69, 9.17) is 9.47 Å². The molecule has 0 atom stereocenters. The minimum Gasteiger partial charge on any atom is -0.483 e. The van der Waals surface area contributed by atoms with Crippen LogP contribution in [0.1, 0.15) is 15.9 Å². The fourth-order valence-electron chi connectivity index (χ4n) is 3.90. The molecule has 11 heteroatoms. The number of ether oxygens (including phenoxy) is 2. The van der Waals surface area contributed by atoms with Gasteiger partial charge in [-0.2, -0.15) is 18.3 Å². The molecule has 1 saturated heterocycles. The van der Waals surface area contributed by atoms with E-state index in [1.165, 1.54) is 28.0 Å². The molecule has 0 aliphatic carbocycles. The average molecular weight is 462 g/mol. The van der Waals surface area contributed by atoms with Crippen molar-refractivity contribution in [1.82, 2.24) is 14.8 Å². The van der Waals surface area contributed by atoms with Gasteiger partial charge in [0.15, 0.2) is 12.3 Å². The third kappa shape index (κ3) is 4.15. The second-order valence-corrected chi connectivity index (χ2v) is 8.02. The highest BCUT2D eigenvalue weighted by atomic mass is 19.4. The molecule has 0 N–H and O–H groups in total. The SMILES string of the molecule is O=C1c2ccnc(-c3ccccc3OCC(F)(F)F)c2CN1c1cnn(CC2(F)COC2)c1. The Balaban J connectivity index is 1.43. The molecule has 2 aliphatic heterocycles. The second kappa shape index (κ2) is 7.84. The van der Waals surface area contributed by atoms with Gasteiger partial charge in [0.25, 0.3) is 5.91 Å². The van der Waals surface area contributed by atoms with E-state index in [2.05, 4.69) is 10.1 Å². The highest BCUT2D eigenvalue weighted by Gasteiger charge is 2.40. The van der Waals surface area contributed by atoms with Crippen molar-refractivity contribution in [3.63, 3.8) is 0 Å². The maximum absolute atomic E-state index is 14.3. The summed E-state index contributed by atoms with van der Waals surface area (Å²) in [6.07, 6.45) is -0.00402. The van der Waals surface area contributed by atoms with Crippen LogP contribution in [0.25, 0.3) is 11.3 Å². The zero-order chi connectivity index (χ0) is 23.2. The van der Waals surface area contributed by atoms with Gasteiger partial charge in [0.2, 0.25) is 0 Å². The van der Waals surface area contributed by atoms with Crippen LogP contribution in [0.2, 0.25) is 0 Å². The predicted octanol–water partition coefficient (Wildman–Crippen LogP) is 3.79. The van der Waals surface area contributed by atoms with Crippen molar-refractivity contribution < 1.29 is 31.8 Å². The molecular weight excluding hydrogens is 444 g/mol. The molecular formula is C22H18F4N4O3. The van der Waals surface area contributed by atoms with E-state index >= 15 is 0 Å². The largest absolute Gasteiger partial charge is 0.483 e. The third-order valence-electron chi connectivity index (χ3n) is 5.48. The first kappa shape index (κ1) is 21.4. The van der Waals surface area contributed by atoms with Crippen LogP contribution in [0, 0.1) is 0 Å². The first-order chi connectivity index (χ1) is 15.7. The van der Waals surface area contributed by atoms with Gasteiger partial charge in [0, 0.05) is 29.1 Å². The molecule has 4 heterocycles. The molecule has 0 spiro atoms. The van der Waals surface area contributed by atoms with Gasteiger partial charge in [-0.15, -0.1) is 0 Å². The number of para-hydroxylation sites is 1. The first-order valence-electron chi connectivity index (χ1n) is 10.1. The number of halogens is 4. The van der Waals surface area contributed by atoms with Crippen molar-refractivity contribution >= 4 is 11.6 Å². The number of alkyl halides is 4. The van der Waals surface area contributed by atoms with Crippen molar-refractivity contribution in [1.29, 1.82) is 0 Å². The molecule has 1 amide bonds. The molecule has 2 aromatic heterocycles. The zero-order valence-corrected chi connectivity index (χ0v) is 17.2. The van der Waals surface area contributed by atoms with Crippen LogP contribution in [0.5, 0.6) is 5.75 Å². The minimum absolute atomic E-state index is 0.00112. The fraction of sp³-hybridized carbons (Fsp3) is 0.318. The van der Waals surface area contributed by atoms with Gasteiger partial charge in [-0.3, -0.25) is 14.5 Å². The number of carbonyl (C=O) groups is 1. The summed E-state index contributed by atoms with van der Waals surface area (Å²) in [5, 5.41) is 4.15. The summed E-state index contributed by atoms with van der Waals surface area (Å²) in [6.45, 7) is -1.29. The monoisotopic (exact) mass is 462 g/mol. The Morgan fingerprint density at radius 3 is 2.67 bits per heavy atom. The van der Waals surface area contributed by atoms with Crippen molar-refractivity contribution in [3.05, 3.63) is 60.0 Å². The topological polar surface area (TPSA) is 69.5 Å². The molecule has 0 saturated carbocycles. The molecule has 0 bridgehead atoms. The van der Waals surface area contributed by atoms with Gasteiger partial charge in [-0.1, -0.05) is 12.1 Å². The molecule has 1 aromatic carbocycles. The molecule has 7 nitrogen and oxygen atoms in total. The number of rotatable bonds is 6. The van der Waals surface area contributed by atoms with Crippen LogP contribution in [0.15, 0.2) is 48.9 Å². The molecule has 2 aliphatic rings. The Labute approximate surface area is 185 Å². The molecule has 0 unspecified atom stereocenters. The number of aromatic nitrogens is 3. The van der Waals surface area contributed by atoms with E-state index in [1.807, 2.05) is 0 Å². The van der Waals surface area contributed by atoms with E-state index in [9.17, 15) is 22.4 Å². The Morgan fingerprint density at radius 2 is 1.94 bits per heavy atom. The number of benzene rings is 1. The molecule has 33 heavy (non-hydrogen) atoms. The Hall–Kier alpha value is -3.47. The number of fused-ring (bicyclic) bond motifs is 1. The Bertz CT molecular complexity index is 1210. The molecule has 1 fully saturated rings. The van der Waals surface area contributed by atoms with E-state index < -0.39 is 18.5 Å². The summed E-state index contributed by atoms with van der Waals surface area (Å²) in [6, 6.07) is 7.81. The van der Waals surface area contributed by atoms with Crippen molar-refractivity contribution in [2.45, 2.75) is 24.9 Å². The number of nitrogens with zero attached hydrogens (tertiary/aromatic N) is 4. The van der Waals surface area contributed by atoms with Crippen molar-refractivity contribution in [3.8, 4) is 17.0 Å². The summed E-state index contributed by atoms with van der Waals surface area (Å²) in [5.41, 5.74) is 0.669. The standard InChI is InChI=1S/C22H18F4N4O3/c23-21(11-32-12-21)10-29-8-14(7-28-29)30-9-17-15(20(30)31)5-6-27-19(17)16-3-1-2-4-18(16)33-13-22(24,25)26/h1-8H,9-13H2. The van der Waals surface area contributed by atoms with Crippen LogP contribution in [-0.4, -0.2) is 52.3 Å². The van der Waals surface area contributed by atoms with E-state index in [0.717, 1.165) is 0 Å². The number of amides is 1. The first-order valence-corrected chi connectivity index (χ1v) is 10.1. The average Bonchev–Trinajstić information content (AvgIpc) is 3.35. The Kier molecular flexibility index (Phi) is 5.08. The van der Waals surface area contributed by atoms with Crippen molar-refractivity contribution in [2.24, 2.45) is 0 Å². The number of hydrogen-bond acceptors (Lipinski definition) is 5. The lowest BCUT2D eigenvalue weighted by atomic mass is 10.0. The van der Waals surface area contributed by atoms with Gasteiger partial charge in [-0.25, -0.2) is 4.39 Å². The van der Waals surface area contributed by atoms with Crippen LogP contribution in [0.4, 0.5) is 23.2 Å². The third-order valence-corrected chi connectivity index (χ3v) is 5.48. The Morgan fingerprint density at radius 1 is 1.15 bits per heavy atom. The summed E-state index contributed by atoms with van der Waals surface area (Å²) in [4.78, 5) is 18.9. The maximum Gasteiger partial charge on any atom is 0.422 e. The highest BCUT2D eigenvalue weighted by Crippen LogP contribution is 2.38. The minimum atomic E-state index is -4.49. The van der Waals surface area contributed by atoms with Crippen molar-refractivity contribution in [2.75, 3.05) is 24.7 Å². The molecule has 172 valence electrons. The van der Waals surface area contributed by atoms with Gasteiger partial charge in [0.1, 0.15) is 5.75 Å².